The molecule has 218 valence electrons. The first-order valence-electron chi connectivity index (χ1n) is 14.6. The predicted molar refractivity (Wildman–Crippen MR) is 158 cm³/mol. The summed E-state index contributed by atoms with van der Waals surface area (Å²) in [5, 5.41) is 3.26. The fraction of sp³-hybridized carbons (Fsp3) is 0.621. The second-order valence-electron chi connectivity index (χ2n) is 11.8. The first-order chi connectivity index (χ1) is 19.2. The number of nitrogens with two attached hydrogens (primary N) is 1. The van der Waals surface area contributed by atoms with Gasteiger partial charge < -0.3 is 20.9 Å². The summed E-state index contributed by atoms with van der Waals surface area (Å²) in [4.78, 5) is 25.9. The van der Waals surface area contributed by atoms with E-state index in [1.165, 1.54) is 61.5 Å². The van der Waals surface area contributed by atoms with Crippen molar-refractivity contribution in [3.05, 3.63) is 41.7 Å². The number of likely N-dealkylation sites (tertiary alicyclic amines) is 1. The molecule has 1 aromatic carbocycles. The van der Waals surface area contributed by atoms with Crippen molar-refractivity contribution in [2.75, 3.05) is 56.2 Å². The van der Waals surface area contributed by atoms with Crippen LogP contribution in [-0.2, 0) is 10.0 Å². The zero-order valence-electron chi connectivity index (χ0n) is 23.8. The molecule has 3 aliphatic rings. The second kappa shape index (κ2) is 12.4. The average molecular weight is 570 g/mol. The maximum Gasteiger partial charge on any atom is 0.271 e. The number of piperidine rings is 2. The van der Waals surface area contributed by atoms with E-state index in [1.54, 1.807) is 20.3 Å². The van der Waals surface area contributed by atoms with E-state index in [9.17, 15) is 13.2 Å². The molecule has 3 N–H and O–H groups in total. The first-order valence-corrected chi connectivity index (χ1v) is 16.2. The molecule has 3 heterocycles. The van der Waals surface area contributed by atoms with Gasteiger partial charge in [0, 0.05) is 38.9 Å². The minimum absolute atomic E-state index is 0.00671. The Bertz CT molecular complexity index is 1270. The molecule has 1 aromatic heterocycles. The third-order valence-electron chi connectivity index (χ3n) is 8.85. The second-order valence-corrected chi connectivity index (χ2v) is 14.0. The van der Waals surface area contributed by atoms with Crippen molar-refractivity contribution >= 4 is 33.3 Å². The van der Waals surface area contributed by atoms with Gasteiger partial charge in [0.25, 0.3) is 5.91 Å². The van der Waals surface area contributed by atoms with Gasteiger partial charge in [-0.3, -0.25) is 4.79 Å². The van der Waals surface area contributed by atoms with Crippen molar-refractivity contribution in [1.82, 2.24) is 19.2 Å². The van der Waals surface area contributed by atoms with Crippen molar-refractivity contribution in [3.63, 3.8) is 0 Å². The van der Waals surface area contributed by atoms with Gasteiger partial charge in [0.1, 0.15) is 5.82 Å². The summed E-state index contributed by atoms with van der Waals surface area (Å²) in [6.45, 7) is 3.67. The topological polar surface area (TPSA) is 125 Å². The van der Waals surface area contributed by atoms with E-state index in [0.717, 1.165) is 31.1 Å². The van der Waals surface area contributed by atoms with E-state index >= 15 is 0 Å². The van der Waals surface area contributed by atoms with Gasteiger partial charge in [0.05, 0.1) is 11.9 Å². The molecule has 1 atom stereocenters. The smallest absolute Gasteiger partial charge is 0.271 e. The molecule has 0 bridgehead atoms. The van der Waals surface area contributed by atoms with Crippen LogP contribution in [0.3, 0.4) is 0 Å². The highest BCUT2D eigenvalue weighted by atomic mass is 32.2. The number of amides is 1. The summed E-state index contributed by atoms with van der Waals surface area (Å²) in [5.41, 5.74) is 7.86. The van der Waals surface area contributed by atoms with Gasteiger partial charge in [-0.15, -0.1) is 0 Å². The van der Waals surface area contributed by atoms with Gasteiger partial charge in [-0.25, -0.2) is 22.7 Å². The quantitative estimate of drug-likeness (QED) is 0.470. The minimum Gasteiger partial charge on any atom is -0.364 e. The number of carbonyl (C=O) groups is 1. The normalized spacial score (nSPS) is 21.7. The maximum absolute atomic E-state index is 12.4. The molecule has 2 aromatic rings. The molecule has 11 heteroatoms. The van der Waals surface area contributed by atoms with Crippen molar-refractivity contribution in [2.24, 2.45) is 11.7 Å². The van der Waals surface area contributed by atoms with Crippen molar-refractivity contribution < 1.29 is 13.2 Å². The van der Waals surface area contributed by atoms with Crippen LogP contribution >= 0.6 is 0 Å². The van der Waals surface area contributed by atoms with E-state index < -0.39 is 15.9 Å². The number of nitrogens with one attached hydrogen (secondary N) is 1. The number of hydrogen-bond acceptors (Lipinski definition) is 8. The summed E-state index contributed by atoms with van der Waals surface area (Å²) in [7, 11) is -0.167. The predicted octanol–water partition coefficient (Wildman–Crippen LogP) is 3.55. The van der Waals surface area contributed by atoms with Gasteiger partial charge in [0.2, 0.25) is 10.0 Å². The van der Waals surface area contributed by atoms with Gasteiger partial charge in [-0.2, -0.15) is 0 Å². The Morgan fingerprint density at radius 1 is 1.02 bits per heavy atom. The molecular formula is C29H43N7O3S. The monoisotopic (exact) mass is 569 g/mol. The fourth-order valence-electron chi connectivity index (χ4n) is 6.50. The molecule has 5 rings (SSSR count). The lowest BCUT2D eigenvalue weighted by atomic mass is 9.88. The number of benzene rings is 1. The fourth-order valence-corrected chi connectivity index (χ4v) is 7.66. The molecule has 0 unspecified atom stereocenters. The molecule has 1 aliphatic carbocycles. The van der Waals surface area contributed by atoms with E-state index in [2.05, 4.69) is 27.3 Å². The van der Waals surface area contributed by atoms with Gasteiger partial charge >= 0.3 is 0 Å². The lowest BCUT2D eigenvalue weighted by molar-refractivity contribution is 0.0996. The Balaban J connectivity index is 1.25. The zero-order chi connectivity index (χ0) is 28.3. The molecule has 10 nitrogen and oxygen atoms in total. The van der Waals surface area contributed by atoms with Crippen LogP contribution in [0.1, 0.15) is 73.3 Å². The highest BCUT2D eigenvalue weighted by Crippen LogP contribution is 2.33. The molecular weight excluding hydrogens is 526 g/mol. The first kappa shape index (κ1) is 28.8. The Kier molecular flexibility index (Phi) is 8.92. The standard InChI is InChI=1S/C29H43N7O3S/c1-34(2)40(38,39)20-21-6-5-15-36(19-21)26-18-31-27(28(30)37)29(33-26)32-24-11-9-22(10-12-24)23-13-16-35(17-14-23)25-7-3-4-8-25/h9-12,18,21,23,25H,3-8,13-17,19-20H2,1-2H3,(H2,30,37)(H,32,33)/t21-/m1/s1. The van der Waals surface area contributed by atoms with E-state index in [1.807, 2.05) is 17.0 Å². The van der Waals surface area contributed by atoms with Crippen LogP contribution in [0.2, 0.25) is 0 Å². The number of anilines is 3. The summed E-state index contributed by atoms with van der Waals surface area (Å²) >= 11 is 0. The summed E-state index contributed by atoms with van der Waals surface area (Å²) in [5.74, 6) is 0.920. The lowest BCUT2D eigenvalue weighted by Crippen LogP contribution is -2.40. The molecule has 2 saturated heterocycles. The Hall–Kier alpha value is -2.76. The van der Waals surface area contributed by atoms with Crippen LogP contribution in [0, 0.1) is 5.92 Å². The van der Waals surface area contributed by atoms with Gasteiger partial charge in [0.15, 0.2) is 11.5 Å². The molecule has 2 aliphatic heterocycles. The largest absolute Gasteiger partial charge is 0.364 e. The van der Waals surface area contributed by atoms with E-state index in [-0.39, 0.29) is 17.4 Å². The highest BCUT2D eigenvalue weighted by molar-refractivity contribution is 7.89. The molecule has 3 fully saturated rings. The molecule has 0 radical (unpaired) electrons. The Morgan fingerprint density at radius 2 is 1.73 bits per heavy atom. The van der Waals surface area contributed by atoms with Crippen LogP contribution < -0.4 is 16.0 Å². The molecule has 1 saturated carbocycles. The van der Waals surface area contributed by atoms with Crippen LogP contribution in [0.4, 0.5) is 17.3 Å². The Morgan fingerprint density at radius 3 is 2.38 bits per heavy atom. The molecule has 0 spiro atoms. The number of carbonyl (C=O) groups excluding carboxylic acids is 1. The van der Waals surface area contributed by atoms with Gasteiger partial charge in [-0.1, -0.05) is 25.0 Å². The van der Waals surface area contributed by atoms with Crippen molar-refractivity contribution in [3.8, 4) is 0 Å². The molecule has 1 amide bonds. The molecule has 40 heavy (non-hydrogen) atoms. The van der Waals surface area contributed by atoms with Crippen molar-refractivity contribution in [2.45, 2.75) is 63.3 Å². The number of hydrogen-bond donors (Lipinski definition) is 2. The van der Waals surface area contributed by atoms with E-state index in [4.69, 9.17) is 10.7 Å². The number of sulfonamides is 1. The van der Waals surface area contributed by atoms with Crippen LogP contribution in [-0.4, -0.2) is 85.6 Å². The average Bonchev–Trinajstić information content (AvgIpc) is 3.49. The maximum atomic E-state index is 12.4. The lowest BCUT2D eigenvalue weighted by Gasteiger charge is -2.36. The highest BCUT2D eigenvalue weighted by Gasteiger charge is 2.29. The zero-order valence-corrected chi connectivity index (χ0v) is 24.6. The Labute approximate surface area is 238 Å². The number of nitrogens with zero attached hydrogens (tertiary/aromatic N) is 5. The number of rotatable bonds is 9. The van der Waals surface area contributed by atoms with Gasteiger partial charge in [-0.05, 0) is 81.1 Å². The van der Waals surface area contributed by atoms with E-state index in [0.29, 0.717) is 24.1 Å². The van der Waals surface area contributed by atoms with Crippen LogP contribution in [0.15, 0.2) is 30.5 Å². The number of aromatic nitrogens is 2. The third-order valence-corrected chi connectivity index (χ3v) is 10.9. The summed E-state index contributed by atoms with van der Waals surface area (Å²) < 4.78 is 26.1. The minimum atomic E-state index is -3.29. The van der Waals surface area contributed by atoms with Crippen LogP contribution in [0.5, 0.6) is 0 Å². The summed E-state index contributed by atoms with van der Waals surface area (Å²) in [6.07, 6.45) is 11.1. The van der Waals surface area contributed by atoms with Crippen molar-refractivity contribution in [1.29, 1.82) is 0 Å². The SMILES string of the molecule is CN(C)S(=O)(=O)C[C@@H]1CCCN(c2cnc(C(N)=O)c(Nc3ccc(C4CCN(C5CCCC5)CC4)cc3)n2)C1. The third kappa shape index (κ3) is 6.75. The number of primary amides is 1. The van der Waals surface area contributed by atoms with Crippen LogP contribution in [0.25, 0.3) is 0 Å². The summed E-state index contributed by atoms with van der Waals surface area (Å²) in [6, 6.07) is 9.19.